The van der Waals surface area contributed by atoms with Crippen LogP contribution < -0.4 is 22.1 Å². The predicted octanol–water partition coefficient (Wildman–Crippen LogP) is 0.974. The fourth-order valence-electron chi connectivity index (χ4n) is 3.41. The van der Waals surface area contributed by atoms with Gasteiger partial charge in [-0.15, -0.1) is 0 Å². The molecule has 0 spiro atoms. The Kier molecular flexibility index (Phi) is 10.5. The minimum atomic E-state index is -1.12. The molecule has 9 nitrogen and oxygen atoms in total. The van der Waals surface area contributed by atoms with Gasteiger partial charge in [-0.05, 0) is 55.9 Å². The van der Waals surface area contributed by atoms with Gasteiger partial charge in [0.2, 0.25) is 11.8 Å². The molecule has 0 unspecified atom stereocenters. The van der Waals surface area contributed by atoms with Crippen LogP contribution in [0.5, 0.6) is 0 Å². The number of hydrogen-bond donors (Lipinski definition) is 6. The number of carbonyl (C=O) groups is 3. The zero-order valence-corrected chi connectivity index (χ0v) is 19.1. The van der Waals surface area contributed by atoms with E-state index >= 15 is 0 Å². The topological polar surface area (TPSA) is 163 Å². The molecule has 0 saturated carbocycles. The molecule has 0 aliphatic rings. The van der Waals surface area contributed by atoms with Crippen LogP contribution in [0.15, 0.2) is 30.5 Å². The highest BCUT2D eigenvalue weighted by Gasteiger charge is 2.28. The van der Waals surface area contributed by atoms with Gasteiger partial charge in [-0.3, -0.25) is 9.59 Å². The first-order valence-electron chi connectivity index (χ1n) is 10.7. The van der Waals surface area contributed by atoms with Crippen LogP contribution in [0.25, 0.3) is 10.9 Å². The Hall–Kier alpha value is -2.56. The second-order valence-corrected chi connectivity index (χ2v) is 8.68. The molecule has 1 aromatic heterocycles. The average Bonchev–Trinajstić information content (AvgIpc) is 3.19. The predicted molar refractivity (Wildman–Crippen MR) is 127 cm³/mol. The lowest BCUT2D eigenvalue weighted by Crippen LogP contribution is -2.55. The monoisotopic (exact) mass is 463 g/mol. The number of amides is 2. The van der Waals surface area contributed by atoms with Crippen LogP contribution in [-0.4, -0.2) is 64.6 Å². The maximum Gasteiger partial charge on any atom is 0.326 e. The van der Waals surface area contributed by atoms with Crippen molar-refractivity contribution in [2.24, 2.45) is 11.5 Å². The molecule has 2 aromatic rings. The third-order valence-corrected chi connectivity index (χ3v) is 5.91. The molecule has 1 aromatic carbocycles. The second kappa shape index (κ2) is 13.1. The van der Waals surface area contributed by atoms with E-state index in [0.29, 0.717) is 25.8 Å². The maximum atomic E-state index is 13.1. The number of para-hydroxylation sites is 1. The van der Waals surface area contributed by atoms with Gasteiger partial charge in [-0.2, -0.15) is 11.8 Å². The van der Waals surface area contributed by atoms with Gasteiger partial charge in [-0.1, -0.05) is 18.2 Å². The normalized spacial score (nSPS) is 14.0. The van der Waals surface area contributed by atoms with Crippen molar-refractivity contribution in [1.82, 2.24) is 15.6 Å². The summed E-state index contributed by atoms with van der Waals surface area (Å²) in [4.78, 5) is 40.5. The summed E-state index contributed by atoms with van der Waals surface area (Å²) in [5, 5.41) is 15.7. The molecule has 0 fully saturated rings. The highest BCUT2D eigenvalue weighted by atomic mass is 32.2. The first-order chi connectivity index (χ1) is 15.4. The number of carboxylic acids is 1. The summed E-state index contributed by atoms with van der Waals surface area (Å²) < 4.78 is 0. The van der Waals surface area contributed by atoms with Crippen molar-refractivity contribution in [2.45, 2.75) is 50.2 Å². The number of aromatic amines is 1. The van der Waals surface area contributed by atoms with Crippen molar-refractivity contribution < 1.29 is 19.5 Å². The number of thioether (sulfide) groups is 1. The Balaban J connectivity index is 2.18. The molecule has 0 aliphatic carbocycles. The summed E-state index contributed by atoms with van der Waals surface area (Å²) in [6.45, 7) is 0.452. The SMILES string of the molecule is CSCC[C@H](N)C(=O)N[C@@H](Cc1c[nH]c2ccccc12)C(=O)N[C@@H](CCCCN)C(=O)O. The van der Waals surface area contributed by atoms with E-state index in [9.17, 15) is 19.5 Å². The lowest BCUT2D eigenvalue weighted by atomic mass is 10.0. The molecule has 10 heteroatoms. The van der Waals surface area contributed by atoms with E-state index in [4.69, 9.17) is 11.5 Å². The van der Waals surface area contributed by atoms with Crippen molar-refractivity contribution in [3.05, 3.63) is 36.0 Å². The Morgan fingerprint density at radius 1 is 1.09 bits per heavy atom. The quantitative estimate of drug-likeness (QED) is 0.227. The van der Waals surface area contributed by atoms with Gasteiger partial charge < -0.3 is 32.2 Å². The van der Waals surface area contributed by atoms with Gasteiger partial charge in [0.05, 0.1) is 6.04 Å². The van der Waals surface area contributed by atoms with Gasteiger partial charge in [-0.25, -0.2) is 4.79 Å². The third-order valence-electron chi connectivity index (χ3n) is 5.26. The number of unbranched alkanes of at least 4 members (excludes halogenated alkanes) is 1. The van der Waals surface area contributed by atoms with Crippen molar-refractivity contribution in [3.63, 3.8) is 0 Å². The molecule has 0 bridgehead atoms. The fraction of sp³-hybridized carbons (Fsp3) is 0.500. The van der Waals surface area contributed by atoms with E-state index < -0.39 is 35.9 Å². The van der Waals surface area contributed by atoms with Crippen molar-refractivity contribution in [2.75, 3.05) is 18.6 Å². The molecule has 0 aliphatic heterocycles. The van der Waals surface area contributed by atoms with E-state index in [1.807, 2.05) is 30.5 Å². The average molecular weight is 464 g/mol. The summed E-state index contributed by atoms with van der Waals surface area (Å²) >= 11 is 1.58. The smallest absolute Gasteiger partial charge is 0.326 e. The number of benzene rings is 1. The van der Waals surface area contributed by atoms with Crippen LogP contribution in [0.4, 0.5) is 0 Å². The Morgan fingerprint density at radius 3 is 2.50 bits per heavy atom. The largest absolute Gasteiger partial charge is 0.480 e. The lowest BCUT2D eigenvalue weighted by molar-refractivity contribution is -0.142. The zero-order chi connectivity index (χ0) is 23.5. The molecular formula is C22H33N5O4S. The number of rotatable bonds is 14. The molecule has 0 radical (unpaired) electrons. The number of H-pyrrole nitrogens is 1. The van der Waals surface area contributed by atoms with Crippen LogP contribution in [0, 0.1) is 0 Å². The standard InChI is InChI=1S/C22H33N5O4S/c1-32-11-9-16(24)20(28)27-19(12-14-13-25-17-7-3-2-6-15(14)17)21(29)26-18(22(30)31)8-4-5-10-23/h2-3,6-7,13,16,18-19,25H,4-5,8-12,23-24H2,1H3,(H,26,29)(H,27,28)(H,30,31)/t16-,18-,19-/m0/s1. The highest BCUT2D eigenvalue weighted by molar-refractivity contribution is 7.98. The molecule has 32 heavy (non-hydrogen) atoms. The number of nitrogens with two attached hydrogens (primary N) is 2. The molecule has 0 saturated heterocycles. The summed E-state index contributed by atoms with van der Waals surface area (Å²) in [7, 11) is 0. The van der Waals surface area contributed by atoms with Crippen molar-refractivity contribution in [1.29, 1.82) is 0 Å². The first kappa shape index (κ1) is 25.7. The van der Waals surface area contributed by atoms with Crippen LogP contribution in [0.1, 0.15) is 31.2 Å². The minimum absolute atomic E-state index is 0.200. The van der Waals surface area contributed by atoms with Crippen LogP contribution >= 0.6 is 11.8 Å². The number of nitrogens with one attached hydrogen (secondary N) is 3. The number of carboxylic acid groups (broad SMARTS) is 1. The minimum Gasteiger partial charge on any atom is -0.480 e. The Labute approximate surface area is 192 Å². The number of aromatic nitrogens is 1. The molecular weight excluding hydrogens is 430 g/mol. The number of hydrogen-bond acceptors (Lipinski definition) is 6. The number of fused-ring (bicyclic) bond motifs is 1. The molecule has 2 rings (SSSR count). The van der Waals surface area contributed by atoms with Crippen molar-refractivity contribution in [3.8, 4) is 0 Å². The maximum absolute atomic E-state index is 13.1. The van der Waals surface area contributed by atoms with Gasteiger partial charge >= 0.3 is 5.97 Å². The molecule has 2 amide bonds. The van der Waals surface area contributed by atoms with Crippen LogP contribution in [0.3, 0.4) is 0 Å². The van der Waals surface area contributed by atoms with Gasteiger partial charge in [0.1, 0.15) is 12.1 Å². The fourth-order valence-corrected chi connectivity index (χ4v) is 3.90. The highest BCUT2D eigenvalue weighted by Crippen LogP contribution is 2.19. The first-order valence-corrected chi connectivity index (χ1v) is 12.1. The second-order valence-electron chi connectivity index (χ2n) is 7.70. The third kappa shape index (κ3) is 7.54. The molecule has 3 atom stereocenters. The van der Waals surface area contributed by atoms with E-state index in [1.165, 1.54) is 0 Å². The van der Waals surface area contributed by atoms with E-state index in [1.54, 1.807) is 18.0 Å². The van der Waals surface area contributed by atoms with Gasteiger partial charge in [0.15, 0.2) is 0 Å². The van der Waals surface area contributed by atoms with E-state index in [0.717, 1.165) is 22.2 Å². The zero-order valence-electron chi connectivity index (χ0n) is 18.3. The Bertz CT molecular complexity index is 903. The molecule has 8 N–H and O–H groups in total. The summed E-state index contributed by atoms with van der Waals surface area (Å²) in [6.07, 6.45) is 5.90. The van der Waals surface area contributed by atoms with Gasteiger partial charge in [0, 0.05) is 23.5 Å². The lowest BCUT2D eigenvalue weighted by Gasteiger charge is -2.23. The summed E-state index contributed by atoms with van der Waals surface area (Å²) in [5.74, 6) is -1.39. The molecule has 176 valence electrons. The van der Waals surface area contributed by atoms with Gasteiger partial charge in [0.25, 0.3) is 0 Å². The number of carbonyl (C=O) groups excluding carboxylic acids is 2. The van der Waals surface area contributed by atoms with E-state index in [-0.39, 0.29) is 12.8 Å². The van der Waals surface area contributed by atoms with E-state index in [2.05, 4.69) is 15.6 Å². The molecule has 1 heterocycles. The summed E-state index contributed by atoms with van der Waals surface area (Å²) in [6, 6.07) is 4.87. The van der Waals surface area contributed by atoms with Crippen LogP contribution in [-0.2, 0) is 20.8 Å². The Morgan fingerprint density at radius 2 is 1.81 bits per heavy atom. The number of aliphatic carboxylic acids is 1. The summed E-state index contributed by atoms with van der Waals surface area (Å²) in [5.41, 5.74) is 13.2. The van der Waals surface area contributed by atoms with Crippen LogP contribution in [0.2, 0.25) is 0 Å². The van der Waals surface area contributed by atoms with Crippen molar-refractivity contribution >= 4 is 40.4 Å².